The van der Waals surface area contributed by atoms with Crippen LogP contribution in [0, 0.1) is 5.82 Å². The summed E-state index contributed by atoms with van der Waals surface area (Å²) in [5.41, 5.74) is 1.57. The number of halogens is 1. The van der Waals surface area contributed by atoms with Crippen LogP contribution in [0.25, 0.3) is 10.9 Å². The molecule has 6 heteroatoms. The van der Waals surface area contributed by atoms with Crippen molar-refractivity contribution in [2.24, 2.45) is 0 Å². The molecule has 3 rings (SSSR count). The predicted octanol–water partition coefficient (Wildman–Crippen LogP) is 3.46. The topological polar surface area (TPSA) is 62.7 Å². The van der Waals surface area contributed by atoms with E-state index >= 15 is 0 Å². The minimum Gasteiger partial charge on any atom is -0.449 e. The number of hydrogen-bond donors (Lipinski definition) is 1. The lowest BCUT2D eigenvalue weighted by atomic mass is 9.85. The largest absolute Gasteiger partial charge is 0.449 e. The molecule has 25 heavy (non-hydrogen) atoms. The molecule has 2 unspecified atom stereocenters. The van der Waals surface area contributed by atoms with E-state index in [1.807, 2.05) is 13.0 Å². The first kappa shape index (κ1) is 17.6. The van der Waals surface area contributed by atoms with Crippen molar-refractivity contribution in [1.29, 1.82) is 0 Å². The van der Waals surface area contributed by atoms with Crippen LogP contribution in [-0.2, 0) is 4.74 Å². The van der Waals surface area contributed by atoms with E-state index in [1.54, 1.807) is 17.2 Å². The van der Waals surface area contributed by atoms with E-state index in [2.05, 4.69) is 4.98 Å². The predicted molar refractivity (Wildman–Crippen MR) is 92.9 cm³/mol. The number of aromatic nitrogens is 1. The van der Waals surface area contributed by atoms with Gasteiger partial charge in [-0.25, -0.2) is 9.18 Å². The van der Waals surface area contributed by atoms with Crippen molar-refractivity contribution < 1.29 is 19.0 Å². The van der Waals surface area contributed by atoms with Crippen LogP contribution in [0.4, 0.5) is 9.18 Å². The smallest absolute Gasteiger partial charge is 0.409 e. The Labute approximate surface area is 146 Å². The number of hydrogen-bond acceptors (Lipinski definition) is 4. The average Bonchev–Trinajstić information content (AvgIpc) is 2.61. The monoisotopic (exact) mass is 346 g/mol. The lowest BCUT2D eigenvalue weighted by molar-refractivity contribution is 0.0368. The van der Waals surface area contributed by atoms with Crippen LogP contribution in [0.3, 0.4) is 0 Å². The number of benzene rings is 1. The van der Waals surface area contributed by atoms with E-state index in [4.69, 9.17) is 4.74 Å². The molecule has 1 aromatic heterocycles. The van der Waals surface area contributed by atoms with Crippen LogP contribution in [0.5, 0.6) is 0 Å². The summed E-state index contributed by atoms with van der Waals surface area (Å²) in [4.78, 5) is 17.8. The quantitative estimate of drug-likeness (QED) is 0.861. The third kappa shape index (κ3) is 3.90. The fraction of sp³-hybridized carbons (Fsp3) is 0.474. The van der Waals surface area contributed by atoms with Crippen molar-refractivity contribution in [2.45, 2.75) is 38.2 Å². The van der Waals surface area contributed by atoms with E-state index in [0.717, 1.165) is 18.4 Å². The van der Waals surface area contributed by atoms with E-state index in [1.165, 1.54) is 12.1 Å². The fourth-order valence-corrected chi connectivity index (χ4v) is 3.32. The molecule has 2 aromatic rings. The maximum atomic E-state index is 13.6. The summed E-state index contributed by atoms with van der Waals surface area (Å²) in [6.07, 6.45) is 2.97. The highest BCUT2D eigenvalue weighted by molar-refractivity contribution is 5.82. The summed E-state index contributed by atoms with van der Waals surface area (Å²) in [7, 11) is 0. The number of piperidine rings is 1. The van der Waals surface area contributed by atoms with Gasteiger partial charge in [0.05, 0.1) is 24.8 Å². The highest BCUT2D eigenvalue weighted by Gasteiger charge is 2.32. The SMILES string of the molecule is CCCCOC(=O)N1CCC(c2ccnc3ccc(F)cc23)C(O)C1. The van der Waals surface area contributed by atoms with E-state index in [9.17, 15) is 14.3 Å². The summed E-state index contributed by atoms with van der Waals surface area (Å²) < 4.78 is 18.9. The molecule has 0 radical (unpaired) electrons. The van der Waals surface area contributed by atoms with Crippen molar-refractivity contribution >= 4 is 17.0 Å². The minimum absolute atomic E-state index is 0.160. The number of likely N-dealkylation sites (tertiary alicyclic amines) is 1. The van der Waals surface area contributed by atoms with Gasteiger partial charge in [-0.3, -0.25) is 4.98 Å². The molecule has 0 bridgehead atoms. The van der Waals surface area contributed by atoms with Gasteiger partial charge in [-0.05, 0) is 42.7 Å². The second-order valence-corrected chi connectivity index (χ2v) is 6.44. The van der Waals surface area contributed by atoms with E-state index in [0.29, 0.717) is 30.5 Å². The Hall–Kier alpha value is -2.21. The third-order valence-corrected chi connectivity index (χ3v) is 4.70. The molecular formula is C19H23FN2O3. The Morgan fingerprint density at radius 3 is 3.04 bits per heavy atom. The number of aliphatic hydroxyl groups excluding tert-OH is 1. The number of amides is 1. The van der Waals surface area contributed by atoms with Crippen LogP contribution in [0.2, 0.25) is 0 Å². The Kier molecular flexibility index (Phi) is 5.48. The molecule has 1 amide bonds. The fourth-order valence-electron chi connectivity index (χ4n) is 3.32. The van der Waals surface area contributed by atoms with Crippen molar-refractivity contribution in [1.82, 2.24) is 9.88 Å². The van der Waals surface area contributed by atoms with Gasteiger partial charge >= 0.3 is 6.09 Å². The number of carbonyl (C=O) groups excluding carboxylic acids is 1. The maximum absolute atomic E-state index is 13.6. The van der Waals surface area contributed by atoms with Crippen molar-refractivity contribution in [3.63, 3.8) is 0 Å². The molecule has 0 saturated carbocycles. The number of aliphatic hydroxyl groups is 1. The van der Waals surface area contributed by atoms with Gasteiger partial charge in [-0.1, -0.05) is 13.3 Å². The Bertz CT molecular complexity index is 753. The zero-order chi connectivity index (χ0) is 17.8. The molecule has 0 aliphatic carbocycles. The zero-order valence-electron chi connectivity index (χ0n) is 14.3. The van der Waals surface area contributed by atoms with Gasteiger partial charge in [-0.2, -0.15) is 0 Å². The average molecular weight is 346 g/mol. The number of nitrogens with zero attached hydrogens (tertiary/aromatic N) is 2. The summed E-state index contributed by atoms with van der Waals surface area (Å²) in [5.74, 6) is -0.486. The zero-order valence-corrected chi connectivity index (χ0v) is 14.3. The third-order valence-electron chi connectivity index (χ3n) is 4.70. The van der Waals surface area contributed by atoms with Crippen molar-refractivity contribution in [2.75, 3.05) is 19.7 Å². The number of carbonyl (C=O) groups is 1. The van der Waals surface area contributed by atoms with E-state index in [-0.39, 0.29) is 24.4 Å². The van der Waals surface area contributed by atoms with Gasteiger partial charge < -0.3 is 14.7 Å². The second kappa shape index (κ2) is 7.78. The molecule has 1 N–H and O–H groups in total. The molecule has 1 saturated heterocycles. The normalized spacial score (nSPS) is 20.7. The van der Waals surface area contributed by atoms with Gasteiger partial charge in [0.1, 0.15) is 5.82 Å². The highest BCUT2D eigenvalue weighted by Crippen LogP contribution is 2.33. The Morgan fingerprint density at radius 1 is 1.44 bits per heavy atom. The first-order chi connectivity index (χ1) is 12.1. The molecule has 2 atom stereocenters. The molecule has 1 aliphatic rings. The summed E-state index contributed by atoms with van der Waals surface area (Å²) in [6.45, 7) is 3.16. The van der Waals surface area contributed by atoms with Gasteiger partial charge in [0, 0.05) is 24.0 Å². The van der Waals surface area contributed by atoms with Crippen molar-refractivity contribution in [3.05, 3.63) is 41.8 Å². The number of pyridine rings is 1. The second-order valence-electron chi connectivity index (χ2n) is 6.44. The van der Waals surface area contributed by atoms with Crippen molar-refractivity contribution in [3.8, 4) is 0 Å². The van der Waals surface area contributed by atoms with Crippen LogP contribution in [0.1, 0.15) is 37.7 Å². The van der Waals surface area contributed by atoms with Gasteiger partial charge in [0.2, 0.25) is 0 Å². The maximum Gasteiger partial charge on any atom is 0.409 e. The lowest BCUT2D eigenvalue weighted by Crippen LogP contribution is -2.46. The lowest BCUT2D eigenvalue weighted by Gasteiger charge is -2.35. The van der Waals surface area contributed by atoms with E-state index < -0.39 is 6.10 Å². The number of fused-ring (bicyclic) bond motifs is 1. The Morgan fingerprint density at radius 2 is 2.28 bits per heavy atom. The van der Waals surface area contributed by atoms with Crippen LogP contribution >= 0.6 is 0 Å². The first-order valence-corrected chi connectivity index (χ1v) is 8.74. The molecular weight excluding hydrogens is 323 g/mol. The summed E-state index contributed by atoms with van der Waals surface area (Å²) in [5, 5.41) is 11.3. The standard InChI is InChI=1S/C19H23FN2O3/c1-2-3-10-25-19(24)22-9-7-15(18(23)12-22)14-6-8-21-17-5-4-13(20)11-16(14)17/h4-6,8,11,15,18,23H,2-3,7,9-10,12H2,1H3. The van der Waals surface area contributed by atoms with Gasteiger partial charge in [-0.15, -0.1) is 0 Å². The molecule has 1 aliphatic heterocycles. The number of unbranched alkanes of at least 4 members (excludes halogenated alkanes) is 1. The molecule has 134 valence electrons. The summed E-state index contributed by atoms with van der Waals surface area (Å²) >= 11 is 0. The van der Waals surface area contributed by atoms with Crippen LogP contribution in [0.15, 0.2) is 30.5 Å². The molecule has 0 spiro atoms. The number of ether oxygens (including phenoxy) is 1. The number of rotatable bonds is 4. The molecule has 2 heterocycles. The molecule has 1 aromatic carbocycles. The van der Waals surface area contributed by atoms with Crippen LogP contribution in [-0.4, -0.2) is 46.9 Å². The molecule has 1 fully saturated rings. The van der Waals surface area contributed by atoms with Gasteiger partial charge in [0.25, 0.3) is 0 Å². The number of β-amino-alcohol motifs (C(OH)–C–C–N with tert-alkyl or cyclic N) is 1. The van der Waals surface area contributed by atoms with Crippen LogP contribution < -0.4 is 0 Å². The highest BCUT2D eigenvalue weighted by atomic mass is 19.1. The molecule has 5 nitrogen and oxygen atoms in total. The van der Waals surface area contributed by atoms with Gasteiger partial charge in [0.15, 0.2) is 0 Å². The Balaban J connectivity index is 1.74. The minimum atomic E-state index is -0.721. The summed E-state index contributed by atoms with van der Waals surface area (Å²) in [6, 6.07) is 6.30. The first-order valence-electron chi connectivity index (χ1n) is 8.74.